The number of nitrogens with zero attached hydrogens (tertiary/aromatic N) is 5. The highest BCUT2D eigenvalue weighted by Crippen LogP contribution is 2.33. The molecule has 0 saturated carbocycles. The molecular formula is C21H21N7O. The summed E-state index contributed by atoms with van der Waals surface area (Å²) < 4.78 is 7.76. The number of hydrogen-bond acceptors (Lipinski definition) is 7. The second kappa shape index (κ2) is 7.05. The predicted molar refractivity (Wildman–Crippen MR) is 113 cm³/mol. The van der Waals surface area contributed by atoms with Crippen LogP contribution in [0, 0.1) is 0 Å². The lowest BCUT2D eigenvalue weighted by atomic mass is 10.1. The lowest BCUT2D eigenvalue weighted by molar-refractivity contribution is 0.298. The van der Waals surface area contributed by atoms with Crippen molar-refractivity contribution in [2.75, 3.05) is 24.3 Å². The minimum Gasteiger partial charge on any atom is -0.478 e. The predicted octanol–water partition coefficient (Wildman–Crippen LogP) is 3.54. The molecule has 0 unspecified atom stereocenters. The van der Waals surface area contributed by atoms with Gasteiger partial charge < -0.3 is 15.4 Å². The van der Waals surface area contributed by atoms with Crippen LogP contribution in [0.2, 0.25) is 0 Å². The minimum absolute atomic E-state index is 0.589. The van der Waals surface area contributed by atoms with Gasteiger partial charge in [0, 0.05) is 54.6 Å². The van der Waals surface area contributed by atoms with Crippen LogP contribution in [0.1, 0.15) is 12.1 Å². The molecule has 146 valence electrons. The van der Waals surface area contributed by atoms with E-state index >= 15 is 0 Å². The highest BCUT2D eigenvalue weighted by Gasteiger charge is 2.15. The molecule has 0 amide bonds. The van der Waals surface area contributed by atoms with Crippen LogP contribution in [-0.4, -0.2) is 38.4 Å². The number of aryl methyl sites for hydroxylation is 2. The third kappa shape index (κ3) is 3.22. The molecule has 29 heavy (non-hydrogen) atoms. The molecule has 0 spiro atoms. The molecule has 0 radical (unpaired) electrons. The summed E-state index contributed by atoms with van der Waals surface area (Å²) in [5.41, 5.74) is 3.02. The maximum absolute atomic E-state index is 5.83. The molecule has 0 aliphatic carbocycles. The van der Waals surface area contributed by atoms with Crippen LogP contribution in [-0.2, 0) is 13.5 Å². The normalized spacial score (nSPS) is 13.3. The van der Waals surface area contributed by atoms with Crippen LogP contribution in [0.3, 0.4) is 0 Å². The van der Waals surface area contributed by atoms with Crippen molar-refractivity contribution in [2.45, 2.75) is 12.8 Å². The molecule has 0 atom stereocenters. The summed E-state index contributed by atoms with van der Waals surface area (Å²) in [7, 11) is 3.83. The summed E-state index contributed by atoms with van der Waals surface area (Å²) in [4.78, 5) is 13.7. The van der Waals surface area contributed by atoms with Crippen molar-refractivity contribution in [1.82, 2.24) is 24.7 Å². The van der Waals surface area contributed by atoms with Crippen LogP contribution in [0.4, 0.5) is 17.5 Å². The Balaban J connectivity index is 1.72. The number of ether oxygens (including phenoxy) is 1. The van der Waals surface area contributed by atoms with Crippen LogP contribution in [0.25, 0.3) is 22.0 Å². The van der Waals surface area contributed by atoms with Crippen molar-refractivity contribution in [2.24, 2.45) is 7.05 Å². The van der Waals surface area contributed by atoms with Gasteiger partial charge in [-0.05, 0) is 31.0 Å². The van der Waals surface area contributed by atoms with Crippen LogP contribution in [0.5, 0.6) is 5.88 Å². The quantitative estimate of drug-likeness (QED) is 0.516. The SMILES string of the molecule is CNc1ncc2c3cc(ncc13)Nc1cccc(n1)OCCCc1cc-2nn1C. The summed E-state index contributed by atoms with van der Waals surface area (Å²) >= 11 is 0. The lowest BCUT2D eigenvalue weighted by Gasteiger charge is -2.12. The van der Waals surface area contributed by atoms with Gasteiger partial charge in [0.25, 0.3) is 0 Å². The van der Waals surface area contributed by atoms with Crippen molar-refractivity contribution < 1.29 is 4.74 Å². The average Bonchev–Trinajstić information content (AvgIpc) is 3.10. The fourth-order valence-electron chi connectivity index (χ4n) is 3.60. The van der Waals surface area contributed by atoms with E-state index in [1.165, 1.54) is 0 Å². The van der Waals surface area contributed by atoms with E-state index in [1.54, 1.807) is 0 Å². The smallest absolute Gasteiger partial charge is 0.215 e. The molecule has 6 bridgehead atoms. The van der Waals surface area contributed by atoms with E-state index in [1.807, 2.05) is 55.4 Å². The van der Waals surface area contributed by atoms with E-state index in [0.717, 1.165) is 46.4 Å². The number of hydrogen-bond donors (Lipinski definition) is 2. The summed E-state index contributed by atoms with van der Waals surface area (Å²) in [6, 6.07) is 9.82. The Kier molecular flexibility index (Phi) is 4.23. The molecule has 0 saturated heterocycles. The molecule has 1 aliphatic heterocycles. The molecule has 5 rings (SSSR count). The van der Waals surface area contributed by atoms with Gasteiger partial charge in [0.2, 0.25) is 5.88 Å². The molecule has 2 N–H and O–H groups in total. The Morgan fingerprint density at radius 1 is 1.10 bits per heavy atom. The van der Waals surface area contributed by atoms with Gasteiger partial charge in [0.1, 0.15) is 17.5 Å². The first kappa shape index (κ1) is 17.4. The molecule has 5 heterocycles. The van der Waals surface area contributed by atoms with Gasteiger partial charge in [-0.1, -0.05) is 6.07 Å². The average molecular weight is 387 g/mol. The van der Waals surface area contributed by atoms with Crippen LogP contribution in [0.15, 0.2) is 42.7 Å². The molecule has 4 aromatic rings. The number of aromatic nitrogens is 5. The largest absolute Gasteiger partial charge is 0.478 e. The van der Waals surface area contributed by atoms with Gasteiger partial charge in [-0.15, -0.1) is 0 Å². The first-order chi connectivity index (χ1) is 14.2. The van der Waals surface area contributed by atoms with Crippen molar-refractivity contribution in [3.63, 3.8) is 0 Å². The second-order valence-corrected chi connectivity index (χ2v) is 6.97. The molecule has 0 fully saturated rings. The molecule has 4 aromatic heterocycles. The Morgan fingerprint density at radius 2 is 2.03 bits per heavy atom. The standard InChI is InChI=1S/C21H21N7O/c1-22-21-16-12-23-19-10-14(16)15(11-24-21)17-9-13(28(2)27-17)5-4-8-29-20-7-3-6-18(25-19)26-20/h3,6-7,9-12H,4-5,8H2,1-2H3,(H,22,24)(H,23,25,26). The van der Waals surface area contributed by atoms with E-state index < -0.39 is 0 Å². The van der Waals surface area contributed by atoms with Gasteiger partial charge in [-0.25, -0.2) is 9.97 Å². The Morgan fingerprint density at radius 3 is 2.93 bits per heavy atom. The van der Waals surface area contributed by atoms with E-state index in [4.69, 9.17) is 9.84 Å². The number of fused-ring (bicyclic) bond motifs is 6. The summed E-state index contributed by atoms with van der Waals surface area (Å²) in [5, 5.41) is 13.1. The Bertz CT molecular complexity index is 1200. The molecule has 8 nitrogen and oxygen atoms in total. The fourth-order valence-corrected chi connectivity index (χ4v) is 3.60. The maximum atomic E-state index is 5.83. The van der Waals surface area contributed by atoms with E-state index in [-0.39, 0.29) is 0 Å². The van der Waals surface area contributed by atoms with Gasteiger partial charge >= 0.3 is 0 Å². The number of pyridine rings is 3. The van der Waals surface area contributed by atoms with Gasteiger partial charge in [-0.3, -0.25) is 4.68 Å². The minimum atomic E-state index is 0.589. The van der Waals surface area contributed by atoms with Crippen molar-refractivity contribution >= 4 is 28.2 Å². The third-order valence-corrected chi connectivity index (χ3v) is 5.07. The number of anilines is 3. The van der Waals surface area contributed by atoms with E-state index in [0.29, 0.717) is 24.1 Å². The zero-order valence-electron chi connectivity index (χ0n) is 16.3. The Labute approximate surface area is 168 Å². The highest BCUT2D eigenvalue weighted by molar-refractivity contribution is 6.02. The van der Waals surface area contributed by atoms with Crippen molar-refractivity contribution in [3.05, 3.63) is 48.4 Å². The molecule has 0 aromatic carbocycles. The lowest BCUT2D eigenvalue weighted by Crippen LogP contribution is -2.05. The molecule has 1 aliphatic rings. The highest BCUT2D eigenvalue weighted by atomic mass is 16.5. The summed E-state index contributed by atoms with van der Waals surface area (Å²) in [5.74, 6) is 2.76. The number of nitrogens with one attached hydrogen (secondary N) is 2. The maximum Gasteiger partial charge on any atom is 0.215 e. The molecule has 8 heteroatoms. The zero-order valence-corrected chi connectivity index (χ0v) is 16.3. The van der Waals surface area contributed by atoms with Gasteiger partial charge in [0.15, 0.2) is 0 Å². The van der Waals surface area contributed by atoms with Gasteiger partial charge in [-0.2, -0.15) is 10.1 Å². The van der Waals surface area contributed by atoms with Gasteiger partial charge in [0.05, 0.1) is 12.3 Å². The van der Waals surface area contributed by atoms with E-state index in [2.05, 4.69) is 31.7 Å². The second-order valence-electron chi connectivity index (χ2n) is 6.97. The summed E-state index contributed by atoms with van der Waals surface area (Å²) in [6.45, 7) is 0.589. The van der Waals surface area contributed by atoms with E-state index in [9.17, 15) is 0 Å². The monoisotopic (exact) mass is 387 g/mol. The van der Waals surface area contributed by atoms with Crippen molar-refractivity contribution in [3.8, 4) is 17.1 Å². The van der Waals surface area contributed by atoms with Crippen molar-refractivity contribution in [1.29, 1.82) is 0 Å². The summed E-state index contributed by atoms with van der Waals surface area (Å²) in [6.07, 6.45) is 5.43. The fraction of sp³-hybridized carbons (Fsp3) is 0.238. The topological polar surface area (TPSA) is 89.8 Å². The first-order valence-corrected chi connectivity index (χ1v) is 9.58. The number of rotatable bonds is 1. The first-order valence-electron chi connectivity index (χ1n) is 9.58. The Hall–Kier alpha value is -3.68. The third-order valence-electron chi connectivity index (χ3n) is 5.07. The van der Waals surface area contributed by atoms with Crippen LogP contribution < -0.4 is 15.4 Å². The zero-order chi connectivity index (χ0) is 19.8. The molecular weight excluding hydrogens is 366 g/mol. The van der Waals surface area contributed by atoms with Crippen LogP contribution >= 0.6 is 0 Å².